The molecule has 0 atom stereocenters. The summed E-state index contributed by atoms with van der Waals surface area (Å²) in [6.07, 6.45) is 6.11. The lowest BCUT2D eigenvalue weighted by Crippen LogP contribution is -1.82. The Morgan fingerprint density at radius 2 is 2.38 bits per heavy atom. The minimum absolute atomic E-state index is 1.04. The third kappa shape index (κ3) is 1.00. The van der Waals surface area contributed by atoms with Crippen molar-refractivity contribution >= 4 is 29.0 Å². The summed E-state index contributed by atoms with van der Waals surface area (Å²) in [6, 6.07) is 6.26. The number of thioether (sulfide) groups is 1. The van der Waals surface area contributed by atoms with Gasteiger partial charge in [0, 0.05) is 16.8 Å². The summed E-state index contributed by atoms with van der Waals surface area (Å²) in [5.41, 5.74) is 2.32. The van der Waals surface area contributed by atoms with E-state index in [2.05, 4.69) is 40.0 Å². The fraction of sp³-hybridized carbons (Fsp3) is 0.100. The van der Waals surface area contributed by atoms with E-state index in [1.807, 2.05) is 18.1 Å². The van der Waals surface area contributed by atoms with E-state index < -0.39 is 0 Å². The van der Waals surface area contributed by atoms with Crippen molar-refractivity contribution in [3.8, 4) is 0 Å². The zero-order chi connectivity index (χ0) is 8.67. The average Bonchev–Trinajstić information content (AvgIpc) is 2.44. The predicted octanol–water partition coefficient (Wildman–Crippen LogP) is 2.61. The molecule has 0 N–H and O–H groups in total. The molecule has 0 saturated carbocycles. The van der Waals surface area contributed by atoms with E-state index in [0.29, 0.717) is 0 Å². The summed E-state index contributed by atoms with van der Waals surface area (Å²) in [5, 5.41) is 0. The van der Waals surface area contributed by atoms with Crippen LogP contribution in [0.3, 0.4) is 0 Å². The predicted molar refractivity (Wildman–Crippen MR) is 55.8 cm³/mol. The van der Waals surface area contributed by atoms with Crippen molar-refractivity contribution in [3.05, 3.63) is 30.6 Å². The molecule has 1 aromatic heterocycles. The van der Waals surface area contributed by atoms with Crippen LogP contribution >= 0.6 is 11.8 Å². The fourth-order valence-electron chi connectivity index (χ4n) is 1.58. The van der Waals surface area contributed by atoms with Crippen LogP contribution in [0.25, 0.3) is 17.2 Å². The Morgan fingerprint density at radius 1 is 1.38 bits per heavy atom. The molecule has 0 bridgehead atoms. The molecule has 13 heavy (non-hydrogen) atoms. The quantitative estimate of drug-likeness (QED) is 0.632. The van der Waals surface area contributed by atoms with Crippen molar-refractivity contribution < 1.29 is 0 Å². The zero-order valence-electron chi connectivity index (χ0n) is 6.97. The van der Waals surface area contributed by atoms with E-state index in [-0.39, 0.29) is 0 Å². The summed E-state index contributed by atoms with van der Waals surface area (Å²) in [7, 11) is 0. The van der Waals surface area contributed by atoms with Crippen LogP contribution in [0, 0.1) is 0 Å². The van der Waals surface area contributed by atoms with Gasteiger partial charge in [-0.25, -0.2) is 4.98 Å². The minimum Gasteiger partial charge on any atom is -0.305 e. The maximum absolute atomic E-state index is 4.33. The van der Waals surface area contributed by atoms with Crippen molar-refractivity contribution in [2.75, 3.05) is 5.75 Å². The van der Waals surface area contributed by atoms with E-state index in [4.69, 9.17) is 0 Å². The van der Waals surface area contributed by atoms with Gasteiger partial charge in [-0.1, -0.05) is 12.1 Å². The van der Waals surface area contributed by atoms with Crippen molar-refractivity contribution in [3.63, 3.8) is 0 Å². The molecule has 64 valence electrons. The van der Waals surface area contributed by atoms with Gasteiger partial charge >= 0.3 is 0 Å². The molecule has 3 heteroatoms. The lowest BCUT2D eigenvalue weighted by molar-refractivity contribution is 1.16. The first-order valence-electron chi connectivity index (χ1n) is 4.20. The third-order valence-electron chi connectivity index (χ3n) is 2.16. The number of para-hydroxylation sites is 1. The van der Waals surface area contributed by atoms with E-state index in [9.17, 15) is 0 Å². The maximum Gasteiger partial charge on any atom is 0.0999 e. The Balaban J connectivity index is 2.48. The Hall–Kier alpha value is -1.22. The number of rotatable bonds is 0. The Kier molecular flexibility index (Phi) is 1.46. The highest BCUT2D eigenvalue weighted by atomic mass is 32.2. The fourth-order valence-corrected chi connectivity index (χ4v) is 2.46. The molecule has 0 amide bonds. The maximum atomic E-state index is 4.33. The molecule has 2 heterocycles. The monoisotopic (exact) mass is 188 g/mol. The number of aromatic nitrogens is 2. The van der Waals surface area contributed by atoms with Crippen LogP contribution in [0.15, 0.2) is 35.5 Å². The molecular weight excluding hydrogens is 180 g/mol. The first kappa shape index (κ1) is 7.21. The van der Waals surface area contributed by atoms with E-state index in [0.717, 1.165) is 11.3 Å². The highest BCUT2D eigenvalue weighted by Crippen LogP contribution is 2.29. The van der Waals surface area contributed by atoms with Gasteiger partial charge in [0.1, 0.15) is 0 Å². The molecule has 1 aromatic carbocycles. The van der Waals surface area contributed by atoms with Crippen LogP contribution in [0.1, 0.15) is 0 Å². The van der Waals surface area contributed by atoms with Gasteiger partial charge in [-0.05, 0) is 12.1 Å². The molecule has 0 radical (unpaired) electrons. The molecule has 0 fully saturated rings. The van der Waals surface area contributed by atoms with Crippen LogP contribution in [0.2, 0.25) is 0 Å². The largest absolute Gasteiger partial charge is 0.305 e. The van der Waals surface area contributed by atoms with E-state index in [1.165, 1.54) is 10.4 Å². The Bertz CT molecular complexity index is 485. The topological polar surface area (TPSA) is 17.8 Å². The number of nitrogens with zero attached hydrogens (tertiary/aromatic N) is 2. The average molecular weight is 188 g/mol. The van der Waals surface area contributed by atoms with Gasteiger partial charge in [0.2, 0.25) is 0 Å². The number of imidazole rings is 1. The Labute approximate surface area is 80.3 Å². The second-order valence-electron chi connectivity index (χ2n) is 2.97. The van der Waals surface area contributed by atoms with Crippen LogP contribution in [0.4, 0.5) is 0 Å². The first-order chi connectivity index (χ1) is 6.45. The van der Waals surface area contributed by atoms with Crippen molar-refractivity contribution in [2.24, 2.45) is 0 Å². The van der Waals surface area contributed by atoms with Gasteiger partial charge in [-0.2, -0.15) is 0 Å². The summed E-state index contributed by atoms with van der Waals surface area (Å²) in [6.45, 7) is 0. The summed E-state index contributed by atoms with van der Waals surface area (Å²) >= 11 is 1.86. The number of hydrogen-bond acceptors (Lipinski definition) is 2. The molecule has 1 aliphatic rings. The lowest BCUT2D eigenvalue weighted by Gasteiger charge is -1.99. The first-order valence-corrected chi connectivity index (χ1v) is 5.19. The highest BCUT2D eigenvalue weighted by molar-refractivity contribution is 7.99. The summed E-state index contributed by atoms with van der Waals surface area (Å²) < 4.78 is 2.09. The van der Waals surface area contributed by atoms with Crippen LogP contribution in [0.5, 0.6) is 0 Å². The second-order valence-corrected chi connectivity index (χ2v) is 4.03. The van der Waals surface area contributed by atoms with Gasteiger partial charge in [0.25, 0.3) is 0 Å². The molecule has 0 unspecified atom stereocenters. The molecule has 0 aliphatic carbocycles. The van der Waals surface area contributed by atoms with Crippen molar-refractivity contribution in [2.45, 2.75) is 4.90 Å². The van der Waals surface area contributed by atoms with Gasteiger partial charge in [0.05, 0.1) is 17.4 Å². The smallest absolute Gasteiger partial charge is 0.0999 e. The van der Waals surface area contributed by atoms with Crippen LogP contribution < -0.4 is 0 Å². The summed E-state index contributed by atoms with van der Waals surface area (Å²) in [4.78, 5) is 5.65. The zero-order valence-corrected chi connectivity index (χ0v) is 7.79. The van der Waals surface area contributed by atoms with Crippen LogP contribution in [-0.2, 0) is 0 Å². The SMILES string of the molecule is C1=Cn2cnc3cccc(c32)SC1. The van der Waals surface area contributed by atoms with Gasteiger partial charge in [-0.3, -0.25) is 0 Å². The standard InChI is InChI=1S/C10H8N2S/c1-3-8-10-9(4-1)13-6-2-5-12(10)7-11-8/h1-5,7H,6H2. The number of benzene rings is 1. The van der Waals surface area contributed by atoms with Gasteiger partial charge < -0.3 is 4.57 Å². The normalized spacial score (nSPS) is 14.8. The molecule has 2 nitrogen and oxygen atoms in total. The number of hydrogen-bond donors (Lipinski definition) is 0. The third-order valence-corrected chi connectivity index (χ3v) is 3.16. The molecule has 2 aromatic rings. The van der Waals surface area contributed by atoms with Crippen LogP contribution in [-0.4, -0.2) is 15.3 Å². The van der Waals surface area contributed by atoms with Crippen molar-refractivity contribution in [1.82, 2.24) is 9.55 Å². The van der Waals surface area contributed by atoms with Gasteiger partial charge in [-0.15, -0.1) is 11.8 Å². The molecule has 1 aliphatic heterocycles. The Morgan fingerprint density at radius 3 is 3.38 bits per heavy atom. The minimum atomic E-state index is 1.04. The van der Waals surface area contributed by atoms with E-state index >= 15 is 0 Å². The van der Waals surface area contributed by atoms with Gasteiger partial charge in [0.15, 0.2) is 0 Å². The highest BCUT2D eigenvalue weighted by Gasteiger charge is 2.08. The molecular formula is C10H8N2S. The molecule has 0 spiro atoms. The molecule has 3 rings (SSSR count). The van der Waals surface area contributed by atoms with E-state index in [1.54, 1.807) is 0 Å². The second kappa shape index (κ2) is 2.64. The van der Waals surface area contributed by atoms with Crippen molar-refractivity contribution in [1.29, 1.82) is 0 Å². The lowest BCUT2D eigenvalue weighted by atomic mass is 10.3. The summed E-state index contributed by atoms with van der Waals surface area (Å²) in [5.74, 6) is 1.04. The molecule has 0 saturated heterocycles.